The van der Waals surface area contributed by atoms with Gasteiger partial charge in [0.15, 0.2) is 11.0 Å². The Morgan fingerprint density at radius 1 is 0.930 bits per heavy atom. The van der Waals surface area contributed by atoms with Crippen LogP contribution in [-0.2, 0) is 12.2 Å². The molecule has 0 spiro atoms. The molecule has 1 aromatic heterocycles. The molecule has 4 aromatic carbocycles. The number of thioether (sulfide) groups is 1. The number of aromatic nitrogens is 3. The van der Waals surface area contributed by atoms with Gasteiger partial charge in [0, 0.05) is 22.9 Å². The molecule has 1 amide bonds. The van der Waals surface area contributed by atoms with Gasteiger partial charge in [-0.3, -0.25) is 19.5 Å². The van der Waals surface area contributed by atoms with Crippen molar-refractivity contribution in [3.63, 3.8) is 0 Å². The average Bonchev–Trinajstić information content (AvgIpc) is 3.40. The fraction of sp³-hybridized carbons (Fsp3) is 0.100. The predicted molar refractivity (Wildman–Crippen MR) is 166 cm³/mol. The summed E-state index contributed by atoms with van der Waals surface area (Å²) in [6.07, 6.45) is 0.323. The minimum atomic E-state index is -0.736. The third-order valence-corrected chi connectivity index (χ3v) is 8.25. The van der Waals surface area contributed by atoms with Gasteiger partial charge in [0.05, 0.1) is 32.3 Å². The van der Waals surface area contributed by atoms with Gasteiger partial charge in [-0.1, -0.05) is 89.0 Å². The standard InChI is InChI=1S/C30H21Cl3FN5O3S/c31-20-8-13-27(25(33)15-20)38-28(36-37-30(38)43-17-19-6-9-21(34)10-7-19)26(14-18-4-2-1-3-5-18)35-29(40)23-12-11-22(39(41)42)16-24(23)32/h1-13,15-16,26H,14,17H2,(H,35,40). The minimum absolute atomic E-state index is 0.0619. The van der Waals surface area contributed by atoms with Crippen LogP contribution in [0.25, 0.3) is 5.69 Å². The number of nitrogens with one attached hydrogen (secondary N) is 1. The molecule has 218 valence electrons. The quantitative estimate of drug-likeness (QED) is 0.0922. The van der Waals surface area contributed by atoms with E-state index in [-0.39, 0.29) is 22.1 Å². The molecule has 0 saturated carbocycles. The van der Waals surface area contributed by atoms with Gasteiger partial charge < -0.3 is 5.32 Å². The first-order valence-electron chi connectivity index (χ1n) is 12.8. The van der Waals surface area contributed by atoms with Crippen LogP contribution in [0.3, 0.4) is 0 Å². The first-order chi connectivity index (χ1) is 20.7. The maximum absolute atomic E-state index is 13.5. The Kier molecular flexibility index (Phi) is 9.62. The van der Waals surface area contributed by atoms with Gasteiger partial charge in [0.25, 0.3) is 11.6 Å². The molecule has 1 unspecified atom stereocenters. The second kappa shape index (κ2) is 13.6. The highest BCUT2D eigenvalue weighted by Crippen LogP contribution is 2.33. The van der Waals surface area contributed by atoms with Gasteiger partial charge >= 0.3 is 0 Å². The summed E-state index contributed by atoms with van der Waals surface area (Å²) in [6, 6.07) is 23.5. The van der Waals surface area contributed by atoms with Crippen molar-refractivity contribution in [2.45, 2.75) is 23.4 Å². The molecule has 0 aliphatic rings. The topological polar surface area (TPSA) is 103 Å². The molecule has 5 rings (SSSR count). The molecule has 1 heterocycles. The van der Waals surface area contributed by atoms with E-state index in [1.54, 1.807) is 34.9 Å². The van der Waals surface area contributed by atoms with E-state index >= 15 is 0 Å². The Morgan fingerprint density at radius 3 is 2.35 bits per heavy atom. The Labute approximate surface area is 265 Å². The molecule has 0 fully saturated rings. The lowest BCUT2D eigenvalue weighted by molar-refractivity contribution is -0.384. The Bertz CT molecular complexity index is 1790. The third kappa shape index (κ3) is 7.34. The van der Waals surface area contributed by atoms with E-state index in [1.807, 2.05) is 30.3 Å². The zero-order chi connectivity index (χ0) is 30.5. The molecule has 1 atom stereocenters. The molecule has 0 bridgehead atoms. The second-order valence-electron chi connectivity index (χ2n) is 9.32. The number of hydrogen-bond acceptors (Lipinski definition) is 6. The second-order valence-corrected chi connectivity index (χ2v) is 11.5. The first-order valence-corrected chi connectivity index (χ1v) is 14.9. The predicted octanol–water partition coefficient (Wildman–Crippen LogP) is 8.28. The number of benzene rings is 4. The van der Waals surface area contributed by atoms with Crippen LogP contribution in [0.5, 0.6) is 0 Å². The molecule has 13 heteroatoms. The van der Waals surface area contributed by atoms with E-state index in [9.17, 15) is 19.3 Å². The van der Waals surface area contributed by atoms with Crippen molar-refractivity contribution in [1.82, 2.24) is 20.1 Å². The van der Waals surface area contributed by atoms with Crippen LogP contribution in [0.15, 0.2) is 96.2 Å². The average molecular weight is 657 g/mol. The molecule has 0 aliphatic carbocycles. The normalized spacial score (nSPS) is 11.7. The Balaban J connectivity index is 1.56. The molecule has 0 saturated heterocycles. The van der Waals surface area contributed by atoms with E-state index in [4.69, 9.17) is 34.8 Å². The van der Waals surface area contributed by atoms with Crippen molar-refractivity contribution in [1.29, 1.82) is 0 Å². The monoisotopic (exact) mass is 655 g/mol. The van der Waals surface area contributed by atoms with Crippen LogP contribution < -0.4 is 5.32 Å². The Morgan fingerprint density at radius 2 is 1.67 bits per heavy atom. The summed E-state index contributed by atoms with van der Waals surface area (Å²) < 4.78 is 15.2. The van der Waals surface area contributed by atoms with E-state index in [0.717, 1.165) is 17.2 Å². The Hall–Kier alpha value is -3.96. The maximum atomic E-state index is 13.5. The van der Waals surface area contributed by atoms with E-state index < -0.39 is 16.9 Å². The van der Waals surface area contributed by atoms with Crippen molar-refractivity contribution in [3.8, 4) is 5.69 Å². The van der Waals surface area contributed by atoms with E-state index in [1.165, 1.54) is 36.0 Å². The van der Waals surface area contributed by atoms with Gasteiger partial charge in [-0.2, -0.15) is 0 Å². The number of carbonyl (C=O) groups is 1. The molecule has 0 aliphatic heterocycles. The number of non-ortho nitro benzene ring substituents is 1. The molecular formula is C30H21Cl3FN5O3S. The summed E-state index contributed by atoms with van der Waals surface area (Å²) in [5.74, 6) is -0.0588. The lowest BCUT2D eigenvalue weighted by Gasteiger charge is -2.21. The zero-order valence-corrected chi connectivity index (χ0v) is 25.2. The number of nitrogens with zero attached hydrogens (tertiary/aromatic N) is 4. The molecular weight excluding hydrogens is 636 g/mol. The van der Waals surface area contributed by atoms with Crippen LogP contribution in [0.1, 0.15) is 33.4 Å². The van der Waals surface area contributed by atoms with E-state index in [2.05, 4.69) is 15.5 Å². The van der Waals surface area contributed by atoms with Gasteiger partial charge in [-0.15, -0.1) is 10.2 Å². The number of amides is 1. The number of rotatable bonds is 10. The van der Waals surface area contributed by atoms with Crippen molar-refractivity contribution in [2.75, 3.05) is 0 Å². The summed E-state index contributed by atoms with van der Waals surface area (Å²) in [4.78, 5) is 24.1. The summed E-state index contributed by atoms with van der Waals surface area (Å²) in [5.41, 5.74) is 2.13. The number of halogens is 4. The SMILES string of the molecule is O=C(NC(Cc1ccccc1)c1nnc(SCc2ccc(F)cc2)n1-c1ccc(Cl)cc1Cl)c1ccc([N+](=O)[O-])cc1Cl. The zero-order valence-electron chi connectivity index (χ0n) is 22.1. The highest BCUT2D eigenvalue weighted by Gasteiger charge is 2.27. The highest BCUT2D eigenvalue weighted by atomic mass is 35.5. The number of nitro groups is 1. The van der Waals surface area contributed by atoms with Gasteiger partial charge in [0.2, 0.25) is 0 Å². The lowest BCUT2D eigenvalue weighted by atomic mass is 10.0. The fourth-order valence-electron chi connectivity index (χ4n) is 4.31. The van der Waals surface area contributed by atoms with Crippen LogP contribution in [-0.4, -0.2) is 25.6 Å². The maximum Gasteiger partial charge on any atom is 0.270 e. The largest absolute Gasteiger partial charge is 0.342 e. The number of hydrogen-bond donors (Lipinski definition) is 1. The number of carbonyl (C=O) groups excluding carboxylic acids is 1. The molecule has 5 aromatic rings. The summed E-state index contributed by atoms with van der Waals surface area (Å²) >= 11 is 20.5. The fourth-order valence-corrected chi connectivity index (χ4v) is 5.97. The molecule has 43 heavy (non-hydrogen) atoms. The van der Waals surface area contributed by atoms with Crippen LogP contribution >= 0.6 is 46.6 Å². The van der Waals surface area contributed by atoms with Gasteiger partial charge in [-0.25, -0.2) is 4.39 Å². The lowest BCUT2D eigenvalue weighted by Crippen LogP contribution is -2.32. The third-order valence-electron chi connectivity index (χ3n) is 6.40. The minimum Gasteiger partial charge on any atom is -0.342 e. The molecule has 8 nitrogen and oxygen atoms in total. The smallest absolute Gasteiger partial charge is 0.270 e. The van der Waals surface area contributed by atoms with Crippen molar-refractivity contribution in [2.24, 2.45) is 0 Å². The van der Waals surface area contributed by atoms with E-state index in [0.29, 0.717) is 38.9 Å². The summed E-state index contributed by atoms with van der Waals surface area (Å²) in [7, 11) is 0. The number of nitro benzene ring substituents is 1. The first kappa shape index (κ1) is 30.5. The van der Waals surface area contributed by atoms with Crippen LogP contribution in [0, 0.1) is 15.9 Å². The van der Waals surface area contributed by atoms with Gasteiger partial charge in [-0.05, 0) is 53.9 Å². The van der Waals surface area contributed by atoms with Crippen molar-refractivity contribution in [3.05, 3.63) is 145 Å². The molecule has 1 N–H and O–H groups in total. The molecule has 0 radical (unpaired) electrons. The van der Waals surface area contributed by atoms with Crippen molar-refractivity contribution >= 4 is 58.2 Å². The highest BCUT2D eigenvalue weighted by molar-refractivity contribution is 7.98. The summed E-state index contributed by atoms with van der Waals surface area (Å²) in [5, 5.41) is 24.3. The van der Waals surface area contributed by atoms with Crippen LogP contribution in [0.4, 0.5) is 10.1 Å². The van der Waals surface area contributed by atoms with Crippen LogP contribution in [0.2, 0.25) is 15.1 Å². The van der Waals surface area contributed by atoms with Gasteiger partial charge in [0.1, 0.15) is 5.82 Å². The van der Waals surface area contributed by atoms with Crippen molar-refractivity contribution < 1.29 is 14.1 Å². The summed E-state index contributed by atoms with van der Waals surface area (Å²) in [6.45, 7) is 0.